The van der Waals surface area contributed by atoms with Crippen molar-refractivity contribution in [3.8, 4) is 0 Å². The topological polar surface area (TPSA) is 32.5 Å². The lowest BCUT2D eigenvalue weighted by Gasteiger charge is -2.53. The minimum absolute atomic E-state index is 0.0444. The van der Waals surface area contributed by atoms with Gasteiger partial charge in [-0.1, -0.05) is 48.9 Å². The van der Waals surface area contributed by atoms with Gasteiger partial charge in [0.25, 0.3) is 0 Å². The molecule has 0 bridgehead atoms. The first-order chi connectivity index (χ1) is 15.6. The number of likely N-dealkylation sites (tertiary alicyclic amines) is 2. The fraction of sp³-hybridized carbons (Fsp3) is 0.571. The van der Waals surface area contributed by atoms with Gasteiger partial charge in [-0.15, -0.1) is 0 Å². The number of piperidine rings is 1. The van der Waals surface area contributed by atoms with Crippen LogP contribution in [0.4, 0.5) is 4.39 Å². The summed E-state index contributed by atoms with van der Waals surface area (Å²) in [6.07, 6.45) is 7.10. The van der Waals surface area contributed by atoms with Crippen molar-refractivity contribution in [3.63, 3.8) is 0 Å². The van der Waals surface area contributed by atoms with Gasteiger partial charge in [-0.05, 0) is 93.4 Å². The van der Waals surface area contributed by atoms with Crippen LogP contribution in [0.1, 0.15) is 49.7 Å². The van der Waals surface area contributed by atoms with E-state index in [1.165, 1.54) is 56.3 Å². The zero-order chi connectivity index (χ0) is 22.0. The summed E-state index contributed by atoms with van der Waals surface area (Å²) in [7, 11) is 0. The molecule has 3 nitrogen and oxygen atoms in total. The number of hydrogen-bond donors (Lipinski definition) is 1. The number of nitrogens with two attached hydrogens (primary N) is 1. The van der Waals surface area contributed by atoms with Gasteiger partial charge in [-0.25, -0.2) is 4.39 Å². The van der Waals surface area contributed by atoms with E-state index in [4.69, 9.17) is 5.73 Å². The van der Waals surface area contributed by atoms with E-state index in [9.17, 15) is 4.39 Å². The average molecular weight is 436 g/mol. The monoisotopic (exact) mass is 435 g/mol. The van der Waals surface area contributed by atoms with Crippen LogP contribution in [0.5, 0.6) is 0 Å². The molecule has 4 heteroatoms. The molecule has 3 fully saturated rings. The minimum atomic E-state index is -0.108. The van der Waals surface area contributed by atoms with Crippen LogP contribution in [0.15, 0.2) is 54.6 Å². The van der Waals surface area contributed by atoms with Gasteiger partial charge in [0, 0.05) is 24.5 Å². The molecule has 2 N–H and O–H groups in total. The molecule has 0 unspecified atom stereocenters. The lowest BCUT2D eigenvalue weighted by atomic mass is 9.58. The maximum absolute atomic E-state index is 14.5. The van der Waals surface area contributed by atoms with Crippen molar-refractivity contribution < 1.29 is 4.39 Å². The summed E-state index contributed by atoms with van der Waals surface area (Å²) in [6.45, 7) is 6.63. The number of hydrogen-bond acceptors (Lipinski definition) is 3. The van der Waals surface area contributed by atoms with Crippen molar-refractivity contribution in [2.45, 2.75) is 56.5 Å². The highest BCUT2D eigenvalue weighted by atomic mass is 19.1. The van der Waals surface area contributed by atoms with Crippen molar-refractivity contribution in [3.05, 3.63) is 71.5 Å². The molecule has 2 aromatic rings. The normalized spacial score (nSPS) is 27.2. The molecular weight excluding hydrogens is 397 g/mol. The van der Waals surface area contributed by atoms with Crippen molar-refractivity contribution in [1.82, 2.24) is 9.80 Å². The molecule has 0 amide bonds. The van der Waals surface area contributed by atoms with Crippen LogP contribution in [0.3, 0.4) is 0 Å². The Bertz CT molecular complexity index is 875. The van der Waals surface area contributed by atoms with Crippen LogP contribution in [0, 0.1) is 17.7 Å². The molecule has 2 aromatic carbocycles. The average Bonchev–Trinajstić information content (AvgIpc) is 3.21. The van der Waals surface area contributed by atoms with Gasteiger partial charge in [-0.2, -0.15) is 0 Å². The summed E-state index contributed by atoms with van der Waals surface area (Å²) >= 11 is 0. The molecule has 3 aliphatic rings. The summed E-state index contributed by atoms with van der Waals surface area (Å²) in [4.78, 5) is 5.20. The maximum atomic E-state index is 14.5. The van der Waals surface area contributed by atoms with E-state index in [0.717, 1.165) is 32.6 Å². The van der Waals surface area contributed by atoms with Crippen molar-refractivity contribution in [2.75, 3.05) is 32.7 Å². The third-order valence-electron chi connectivity index (χ3n) is 8.59. The second kappa shape index (κ2) is 9.62. The van der Waals surface area contributed by atoms with E-state index in [0.29, 0.717) is 11.8 Å². The van der Waals surface area contributed by atoms with Gasteiger partial charge in [-0.3, -0.25) is 4.90 Å². The fourth-order valence-corrected chi connectivity index (χ4v) is 6.85. The van der Waals surface area contributed by atoms with Gasteiger partial charge in [0.05, 0.1) is 0 Å². The van der Waals surface area contributed by atoms with E-state index in [2.05, 4.69) is 46.2 Å². The molecule has 1 saturated carbocycles. The Balaban J connectivity index is 1.44. The zero-order valence-electron chi connectivity index (χ0n) is 19.3. The van der Waals surface area contributed by atoms with Crippen LogP contribution < -0.4 is 5.73 Å². The number of nitrogens with zero attached hydrogens (tertiary/aromatic N) is 2. The van der Waals surface area contributed by atoms with E-state index in [1.807, 2.05) is 12.1 Å². The van der Waals surface area contributed by atoms with Crippen LogP contribution in [0.25, 0.3) is 0 Å². The Hall–Kier alpha value is -1.75. The zero-order valence-corrected chi connectivity index (χ0v) is 19.3. The first-order valence-electron chi connectivity index (χ1n) is 12.7. The highest BCUT2D eigenvalue weighted by Crippen LogP contribution is 2.51. The molecule has 2 heterocycles. The molecule has 2 saturated heterocycles. The minimum Gasteiger partial charge on any atom is -0.327 e. The molecule has 0 aromatic heterocycles. The van der Waals surface area contributed by atoms with Gasteiger partial charge >= 0.3 is 0 Å². The van der Waals surface area contributed by atoms with Gasteiger partial charge in [0.2, 0.25) is 0 Å². The number of rotatable bonds is 7. The van der Waals surface area contributed by atoms with Gasteiger partial charge in [0.15, 0.2) is 0 Å². The Morgan fingerprint density at radius 3 is 2.25 bits per heavy atom. The van der Waals surface area contributed by atoms with E-state index >= 15 is 0 Å². The second-order valence-electron chi connectivity index (χ2n) is 10.4. The van der Waals surface area contributed by atoms with Crippen LogP contribution in [-0.2, 0) is 12.0 Å². The molecule has 0 radical (unpaired) electrons. The Morgan fingerprint density at radius 2 is 1.62 bits per heavy atom. The predicted octanol–water partition coefficient (Wildman–Crippen LogP) is 4.81. The smallest absolute Gasteiger partial charge is 0.123 e. The van der Waals surface area contributed by atoms with Crippen LogP contribution >= 0.6 is 0 Å². The van der Waals surface area contributed by atoms with E-state index in [1.54, 1.807) is 6.07 Å². The summed E-state index contributed by atoms with van der Waals surface area (Å²) in [5.74, 6) is 0.880. The third kappa shape index (κ3) is 4.37. The molecule has 32 heavy (non-hydrogen) atoms. The van der Waals surface area contributed by atoms with Crippen molar-refractivity contribution >= 4 is 0 Å². The molecule has 3 atom stereocenters. The highest BCUT2D eigenvalue weighted by molar-refractivity contribution is 5.31. The van der Waals surface area contributed by atoms with E-state index in [-0.39, 0.29) is 17.3 Å². The molecule has 0 spiro atoms. The van der Waals surface area contributed by atoms with Gasteiger partial charge in [0.1, 0.15) is 5.82 Å². The summed E-state index contributed by atoms with van der Waals surface area (Å²) < 4.78 is 14.5. The molecular formula is C28H38FN3. The molecule has 172 valence electrons. The van der Waals surface area contributed by atoms with E-state index < -0.39 is 0 Å². The largest absolute Gasteiger partial charge is 0.327 e. The molecule has 1 aliphatic carbocycles. The Morgan fingerprint density at radius 1 is 0.844 bits per heavy atom. The number of halogens is 1. The van der Waals surface area contributed by atoms with Gasteiger partial charge < -0.3 is 10.6 Å². The first kappa shape index (κ1) is 22.1. The second-order valence-corrected chi connectivity index (χ2v) is 10.4. The number of benzene rings is 2. The lowest BCUT2D eigenvalue weighted by Crippen LogP contribution is -2.58. The highest BCUT2D eigenvalue weighted by Gasteiger charge is 2.51. The van der Waals surface area contributed by atoms with Crippen molar-refractivity contribution in [1.29, 1.82) is 0 Å². The summed E-state index contributed by atoms with van der Waals surface area (Å²) in [5.41, 5.74) is 9.34. The maximum Gasteiger partial charge on any atom is 0.123 e. The molecule has 2 aliphatic heterocycles. The molecule has 5 rings (SSSR count). The quantitative estimate of drug-likeness (QED) is 0.677. The first-order valence-corrected chi connectivity index (χ1v) is 12.7. The Kier molecular flexibility index (Phi) is 6.64. The Labute approximate surface area is 192 Å². The predicted molar refractivity (Wildman–Crippen MR) is 129 cm³/mol. The summed E-state index contributed by atoms with van der Waals surface area (Å²) in [5, 5.41) is 0. The lowest BCUT2D eigenvalue weighted by molar-refractivity contribution is 0.0278. The van der Waals surface area contributed by atoms with Crippen LogP contribution in [-0.4, -0.2) is 48.6 Å². The fourth-order valence-electron chi connectivity index (χ4n) is 6.85. The van der Waals surface area contributed by atoms with Crippen LogP contribution in [0.2, 0.25) is 0 Å². The SMILES string of the molecule is N[C@H]1CCC[C@@H]1[C@](CN1CCC1)(c1cccc(F)c1)C1CCN(Cc2ccccc2)CC1. The third-order valence-corrected chi connectivity index (χ3v) is 8.59. The summed E-state index contributed by atoms with van der Waals surface area (Å²) in [6, 6.07) is 18.6. The standard InChI is InChI=1S/C28H38FN3/c29-25-10-4-9-24(19-25)28(21-32-15-6-16-32,26-11-5-12-27(26)30)23-13-17-31(18-14-23)20-22-7-2-1-3-8-22/h1-4,7-10,19,23,26-27H,5-6,11-18,20-21,30H2/t26-,27-,28-/m0/s1. The van der Waals surface area contributed by atoms with Crippen molar-refractivity contribution in [2.24, 2.45) is 17.6 Å².